The minimum Gasteiger partial charge on any atom is -0.592 e. The smallest absolute Gasteiger partial charge is 0.235 e. The van der Waals surface area contributed by atoms with E-state index in [4.69, 9.17) is 18.9 Å². The molecule has 4 rings (SSSR count). The van der Waals surface area contributed by atoms with Gasteiger partial charge in [-0.25, -0.2) is 14.2 Å². The van der Waals surface area contributed by atoms with Gasteiger partial charge in [0.25, 0.3) is 0 Å². The number of nitrogens with zero attached hydrogens (tertiary/aromatic N) is 5. The van der Waals surface area contributed by atoms with Crippen LogP contribution in [0.5, 0.6) is 0 Å². The molecule has 2 fully saturated rings. The number of piperidine rings is 1. The second-order valence-corrected chi connectivity index (χ2v) is 16.9. The lowest BCUT2D eigenvalue weighted by molar-refractivity contribution is 0.0975. The first-order chi connectivity index (χ1) is 16.8. The van der Waals surface area contributed by atoms with Gasteiger partial charge in [0.1, 0.15) is 22.6 Å². The number of H-pyrrole nitrogens is 1. The first kappa shape index (κ1) is 27.8. The number of ether oxygens (including phenoxy) is 1. The van der Waals surface area contributed by atoms with Gasteiger partial charge in [0.15, 0.2) is 22.5 Å². The molecule has 10 nitrogen and oxygen atoms in total. The van der Waals surface area contributed by atoms with Crippen molar-refractivity contribution in [1.29, 1.82) is 0 Å². The first-order valence-corrected chi connectivity index (χ1v) is 15.5. The van der Waals surface area contributed by atoms with Gasteiger partial charge in [0.05, 0.1) is 35.0 Å². The van der Waals surface area contributed by atoms with Crippen molar-refractivity contribution in [1.82, 2.24) is 20.2 Å². The zero-order valence-corrected chi connectivity index (χ0v) is 24.8. The van der Waals surface area contributed by atoms with Crippen molar-refractivity contribution in [3.63, 3.8) is 0 Å². The predicted octanol–water partition coefficient (Wildman–Crippen LogP) is 3.48. The summed E-state index contributed by atoms with van der Waals surface area (Å²) in [5.74, 6) is 0.745. The Balaban J connectivity index is 1.53. The number of anilines is 1. The van der Waals surface area contributed by atoms with E-state index < -0.39 is 27.2 Å². The van der Waals surface area contributed by atoms with Crippen LogP contribution in [0.15, 0.2) is 10.2 Å². The molecule has 1 spiro atoms. The molecule has 2 saturated heterocycles. The molecule has 1 N–H and O–H groups in total. The van der Waals surface area contributed by atoms with Gasteiger partial charge in [-0.3, -0.25) is 9.28 Å². The number of hydrogen-bond donors (Lipinski definition) is 1. The van der Waals surface area contributed by atoms with Crippen molar-refractivity contribution >= 4 is 48.7 Å². The molecule has 0 saturated carbocycles. The summed E-state index contributed by atoms with van der Waals surface area (Å²) in [6, 6.07) is 0. The normalized spacial score (nSPS) is 24.7. The van der Waals surface area contributed by atoms with Gasteiger partial charge in [0.2, 0.25) is 9.31 Å². The lowest BCUT2D eigenvalue weighted by atomic mass is 9.76. The van der Waals surface area contributed by atoms with Crippen molar-refractivity contribution in [3.05, 3.63) is 11.9 Å². The Morgan fingerprint density at radius 1 is 1.31 bits per heavy atom. The third-order valence-electron chi connectivity index (χ3n) is 6.75. The van der Waals surface area contributed by atoms with Crippen LogP contribution >= 0.6 is 0 Å². The predicted molar refractivity (Wildman–Crippen MR) is 143 cm³/mol. The van der Waals surface area contributed by atoms with Gasteiger partial charge >= 0.3 is 0 Å². The van der Waals surface area contributed by atoms with Crippen LogP contribution in [0.25, 0.3) is 11.2 Å². The van der Waals surface area contributed by atoms with E-state index in [9.17, 15) is 8.76 Å². The highest BCUT2D eigenvalue weighted by Gasteiger charge is 2.50. The van der Waals surface area contributed by atoms with Crippen LogP contribution in [0, 0.1) is 5.41 Å². The van der Waals surface area contributed by atoms with Gasteiger partial charge in [-0.15, -0.1) is 4.04 Å². The molecule has 2 aromatic heterocycles. The number of nitrogens with one attached hydrogen (secondary N) is 1. The topological polar surface area (TPSA) is 129 Å². The van der Waals surface area contributed by atoms with E-state index in [1.807, 2.05) is 41.5 Å². The number of rotatable bonds is 6. The lowest BCUT2D eigenvalue weighted by Crippen LogP contribution is -2.44. The summed E-state index contributed by atoms with van der Waals surface area (Å²) in [6.07, 6.45) is 3.60. The standard InChI is InChI=1S/C23H37N6O4S2Si/c1-15-18(36-28-34(30)21(2,3)4)23(14-32-15)8-10-29(11-9-23)20-17(13-33-35(31)22(5,6)7)25-19-16(26-20)12-24-27-19/h12,15,18H,8-11,13-14H2,1-7H3,(H,24,25,27)/t15-,18?,34?,35?/m0/s1. The monoisotopic (exact) mass is 553 g/mol. The Hall–Kier alpha value is -1.25. The summed E-state index contributed by atoms with van der Waals surface area (Å²) in [5.41, 5.74) is 2.18. The van der Waals surface area contributed by atoms with E-state index in [1.54, 1.807) is 6.20 Å². The molecule has 4 atom stereocenters. The van der Waals surface area contributed by atoms with Crippen molar-refractivity contribution in [2.24, 2.45) is 9.45 Å². The fraction of sp³-hybridized carbons (Fsp3) is 0.783. The van der Waals surface area contributed by atoms with Crippen molar-refractivity contribution < 1.29 is 17.7 Å². The van der Waals surface area contributed by atoms with E-state index >= 15 is 0 Å². The van der Waals surface area contributed by atoms with Gasteiger partial charge in [-0.05, 0) is 61.3 Å². The molecule has 2 aromatic rings. The van der Waals surface area contributed by atoms with Crippen LogP contribution in [-0.2, 0) is 38.0 Å². The second-order valence-electron chi connectivity index (χ2n) is 11.6. The Labute approximate surface area is 221 Å². The molecule has 2 aliphatic rings. The van der Waals surface area contributed by atoms with E-state index in [1.165, 1.54) is 0 Å². The van der Waals surface area contributed by atoms with Crippen LogP contribution in [0.3, 0.4) is 0 Å². The van der Waals surface area contributed by atoms with E-state index in [-0.39, 0.29) is 37.7 Å². The largest absolute Gasteiger partial charge is 0.592 e. The highest BCUT2D eigenvalue weighted by Crippen LogP contribution is 2.50. The first-order valence-electron chi connectivity index (χ1n) is 12.3. The molecular weight excluding hydrogens is 517 g/mol. The van der Waals surface area contributed by atoms with Crippen LogP contribution in [0.2, 0.25) is 5.54 Å². The summed E-state index contributed by atoms with van der Waals surface area (Å²) >= 11 is -2.69. The van der Waals surface area contributed by atoms with Crippen LogP contribution < -0.4 is 4.90 Å². The molecule has 1 radical (unpaired) electrons. The molecule has 0 amide bonds. The quantitative estimate of drug-likeness (QED) is 0.425. The molecule has 0 bridgehead atoms. The van der Waals surface area contributed by atoms with Crippen molar-refractivity contribution in [2.45, 2.75) is 89.1 Å². The van der Waals surface area contributed by atoms with E-state index in [0.29, 0.717) is 23.5 Å². The number of aromatic nitrogens is 4. The summed E-state index contributed by atoms with van der Waals surface area (Å²) < 4.78 is 40.7. The fourth-order valence-corrected chi connectivity index (χ4v) is 7.98. The fourth-order valence-electron chi connectivity index (χ4n) is 4.52. The maximum Gasteiger partial charge on any atom is 0.235 e. The van der Waals surface area contributed by atoms with Gasteiger partial charge in [-0.1, -0.05) is 0 Å². The third-order valence-corrected chi connectivity index (χ3v) is 11.6. The SMILES string of the molecule is C[C@@H]1OCC2(CCN(c3nc4cn[nH]c4nc3COS(=O)C(C)(C)C)CC2)C1[Si]=N[S+]([O-])C(C)(C)C. The van der Waals surface area contributed by atoms with Crippen molar-refractivity contribution in [2.75, 3.05) is 24.6 Å². The highest BCUT2D eigenvalue weighted by molar-refractivity contribution is 7.91. The zero-order valence-electron chi connectivity index (χ0n) is 22.2. The molecule has 199 valence electrons. The highest BCUT2D eigenvalue weighted by atomic mass is 32.2. The van der Waals surface area contributed by atoms with E-state index in [0.717, 1.165) is 31.7 Å². The summed E-state index contributed by atoms with van der Waals surface area (Å²) in [5, 5.41) is 6.94. The molecule has 13 heteroatoms. The second kappa shape index (κ2) is 10.5. The van der Waals surface area contributed by atoms with E-state index in [2.05, 4.69) is 26.1 Å². The molecule has 36 heavy (non-hydrogen) atoms. The molecule has 0 aromatic carbocycles. The average molecular weight is 554 g/mol. The number of aromatic amines is 1. The minimum atomic E-state index is -1.47. The molecule has 2 aliphatic heterocycles. The summed E-state index contributed by atoms with van der Waals surface area (Å²) in [7, 11) is 0.248. The maximum atomic E-state index is 12.6. The zero-order chi connectivity index (χ0) is 26.3. The Bertz CT molecular complexity index is 1120. The van der Waals surface area contributed by atoms with Crippen LogP contribution in [-0.4, -0.2) is 73.5 Å². The average Bonchev–Trinajstić information content (AvgIpc) is 3.38. The Morgan fingerprint density at radius 2 is 2.00 bits per heavy atom. The number of fused-ring (bicyclic) bond motifs is 1. The third kappa shape index (κ3) is 5.91. The summed E-state index contributed by atoms with van der Waals surface area (Å²) in [4.78, 5) is 11.8. The lowest BCUT2D eigenvalue weighted by Gasteiger charge is -2.41. The van der Waals surface area contributed by atoms with Gasteiger partial charge in [0, 0.05) is 24.0 Å². The van der Waals surface area contributed by atoms with Gasteiger partial charge < -0.3 is 14.2 Å². The minimum absolute atomic E-state index is 0.0114. The van der Waals surface area contributed by atoms with Crippen molar-refractivity contribution in [3.8, 4) is 0 Å². The molecule has 4 heterocycles. The molecular formula is C23H37N6O4S2Si. The molecule has 3 unspecified atom stereocenters. The van der Waals surface area contributed by atoms with Gasteiger partial charge in [-0.2, -0.15) is 5.10 Å². The number of hydrogen-bond acceptors (Lipinski definition) is 9. The summed E-state index contributed by atoms with van der Waals surface area (Å²) in [6.45, 7) is 16.0. The molecule has 0 aliphatic carbocycles. The van der Waals surface area contributed by atoms with Crippen LogP contribution in [0.4, 0.5) is 5.82 Å². The van der Waals surface area contributed by atoms with Crippen LogP contribution in [0.1, 0.15) is 67.0 Å². The maximum absolute atomic E-state index is 12.6. The Kier molecular flexibility index (Phi) is 8.09. The Morgan fingerprint density at radius 3 is 2.64 bits per heavy atom.